The van der Waals surface area contributed by atoms with Crippen molar-refractivity contribution in [3.8, 4) is 0 Å². The third-order valence-corrected chi connectivity index (χ3v) is 6.14. The summed E-state index contributed by atoms with van der Waals surface area (Å²) >= 11 is 5.35. The summed E-state index contributed by atoms with van der Waals surface area (Å²) in [4.78, 5) is 13.6. The maximum Gasteiger partial charge on any atom is 0.137 e. The van der Waals surface area contributed by atoms with Crippen LogP contribution in [0.5, 0.6) is 0 Å². The van der Waals surface area contributed by atoms with E-state index in [9.17, 15) is 4.79 Å². The van der Waals surface area contributed by atoms with Crippen LogP contribution in [-0.2, 0) is 10.2 Å². The molecule has 0 aliphatic heterocycles. The number of ketones is 1. The number of hydrogen-bond acceptors (Lipinski definition) is 2. The largest absolute Gasteiger partial charge is 0.299 e. The minimum absolute atomic E-state index is 0.0375. The Kier molecular flexibility index (Phi) is 3.79. The quantitative estimate of drug-likeness (QED) is 0.766. The summed E-state index contributed by atoms with van der Waals surface area (Å²) in [5.74, 6) is 1.21. The fraction of sp³-hybridized carbons (Fsp3) is 0.643. The van der Waals surface area contributed by atoms with Gasteiger partial charge in [0.25, 0.3) is 0 Å². The maximum atomic E-state index is 12.2. The van der Waals surface area contributed by atoms with Gasteiger partial charge in [0.15, 0.2) is 0 Å². The number of hydrogen-bond donors (Lipinski definition) is 0. The summed E-state index contributed by atoms with van der Waals surface area (Å²) in [5.41, 5.74) is -0.0375. The van der Waals surface area contributed by atoms with Gasteiger partial charge in [0.05, 0.1) is 0 Å². The van der Waals surface area contributed by atoms with Gasteiger partial charge in [-0.1, -0.05) is 20.8 Å². The lowest BCUT2D eigenvalue weighted by Gasteiger charge is -2.37. The lowest BCUT2D eigenvalue weighted by molar-refractivity contribution is -0.127. The smallest absolute Gasteiger partial charge is 0.137 e. The van der Waals surface area contributed by atoms with Crippen LogP contribution >= 0.6 is 27.3 Å². The van der Waals surface area contributed by atoms with Crippen LogP contribution in [-0.4, -0.2) is 5.78 Å². The van der Waals surface area contributed by atoms with E-state index in [1.54, 1.807) is 11.3 Å². The molecular weight excluding hydrogens is 296 g/mol. The average Bonchev–Trinajstić information content (AvgIpc) is 2.64. The first-order chi connectivity index (χ1) is 7.93. The molecule has 0 radical (unpaired) electrons. The Balaban J connectivity index is 2.27. The number of Topliss-reactive ketones (excluding diaryl/α,β-unsaturated/α-hetero) is 1. The topological polar surface area (TPSA) is 17.1 Å². The van der Waals surface area contributed by atoms with Crippen LogP contribution in [0.1, 0.15) is 44.9 Å². The molecular formula is C14H19BrOS. The van der Waals surface area contributed by atoms with Crippen molar-refractivity contribution in [3.63, 3.8) is 0 Å². The Morgan fingerprint density at radius 1 is 1.41 bits per heavy atom. The van der Waals surface area contributed by atoms with Crippen molar-refractivity contribution in [2.75, 3.05) is 0 Å². The number of thiophene rings is 1. The molecule has 94 valence electrons. The van der Waals surface area contributed by atoms with Gasteiger partial charge in [0.1, 0.15) is 5.78 Å². The van der Waals surface area contributed by atoms with Crippen LogP contribution in [0.15, 0.2) is 15.9 Å². The first kappa shape index (κ1) is 13.3. The van der Waals surface area contributed by atoms with E-state index in [2.05, 4.69) is 48.1 Å². The van der Waals surface area contributed by atoms with E-state index in [0.29, 0.717) is 11.7 Å². The first-order valence-electron chi connectivity index (χ1n) is 6.19. The zero-order chi connectivity index (χ0) is 12.6. The Bertz CT molecular complexity index is 422. The molecule has 17 heavy (non-hydrogen) atoms. The molecule has 2 atom stereocenters. The summed E-state index contributed by atoms with van der Waals surface area (Å²) in [6, 6.07) is 2.08. The predicted molar refractivity (Wildman–Crippen MR) is 76.6 cm³/mol. The molecule has 2 unspecified atom stereocenters. The molecule has 1 saturated carbocycles. The van der Waals surface area contributed by atoms with E-state index in [1.165, 1.54) is 11.3 Å². The van der Waals surface area contributed by atoms with Crippen LogP contribution in [0.25, 0.3) is 0 Å². The predicted octanol–water partition coefficient (Wildman–Crippen LogP) is 4.79. The maximum absolute atomic E-state index is 12.2. The number of rotatable bonds is 2. The van der Waals surface area contributed by atoms with Crippen LogP contribution in [0.4, 0.5) is 0 Å². The van der Waals surface area contributed by atoms with Gasteiger partial charge in [-0.15, -0.1) is 11.3 Å². The molecule has 1 aromatic rings. The van der Waals surface area contributed by atoms with Crippen molar-refractivity contribution in [1.29, 1.82) is 0 Å². The zero-order valence-electron chi connectivity index (χ0n) is 10.6. The van der Waals surface area contributed by atoms with Gasteiger partial charge in [-0.05, 0) is 46.1 Å². The normalized spacial score (nSPS) is 26.2. The highest BCUT2D eigenvalue weighted by atomic mass is 79.9. The Morgan fingerprint density at radius 3 is 2.65 bits per heavy atom. The Morgan fingerprint density at radius 2 is 2.12 bits per heavy atom. The van der Waals surface area contributed by atoms with Gasteiger partial charge >= 0.3 is 0 Å². The third-order valence-electron chi connectivity index (χ3n) is 3.96. The third kappa shape index (κ3) is 2.50. The standard InChI is InChI=1S/C14H19BrOS/c1-9-4-5-10(12(16)8-9)14(2,3)13-11(15)6-7-17-13/h6-7,9-10H,4-5,8H2,1-3H3. The van der Waals surface area contributed by atoms with E-state index in [-0.39, 0.29) is 11.3 Å². The van der Waals surface area contributed by atoms with Crippen molar-refractivity contribution in [1.82, 2.24) is 0 Å². The summed E-state index contributed by atoms with van der Waals surface area (Å²) in [7, 11) is 0. The fourth-order valence-corrected chi connectivity index (χ4v) is 4.94. The molecule has 1 aromatic heterocycles. The van der Waals surface area contributed by atoms with Gasteiger partial charge in [-0.2, -0.15) is 0 Å². The van der Waals surface area contributed by atoms with Crippen molar-refractivity contribution in [2.24, 2.45) is 11.8 Å². The molecule has 1 nitrogen and oxygen atoms in total. The van der Waals surface area contributed by atoms with Crippen molar-refractivity contribution in [3.05, 3.63) is 20.8 Å². The number of carbonyl (C=O) groups excluding carboxylic acids is 1. The van der Waals surface area contributed by atoms with E-state index in [1.807, 2.05) is 0 Å². The molecule has 0 bridgehead atoms. The van der Waals surface area contributed by atoms with Gasteiger partial charge in [-0.3, -0.25) is 4.79 Å². The molecule has 0 N–H and O–H groups in total. The second kappa shape index (κ2) is 4.85. The monoisotopic (exact) mass is 314 g/mol. The minimum atomic E-state index is -0.0375. The zero-order valence-corrected chi connectivity index (χ0v) is 13.0. The second-order valence-corrected chi connectivity index (χ2v) is 7.50. The molecule has 1 heterocycles. The first-order valence-corrected chi connectivity index (χ1v) is 7.86. The molecule has 1 aliphatic rings. The van der Waals surface area contributed by atoms with Crippen LogP contribution in [0, 0.1) is 11.8 Å². The summed E-state index contributed by atoms with van der Waals surface area (Å²) in [6.07, 6.45) is 2.98. The van der Waals surface area contributed by atoms with Crippen LogP contribution in [0.2, 0.25) is 0 Å². The van der Waals surface area contributed by atoms with E-state index < -0.39 is 0 Å². The highest BCUT2D eigenvalue weighted by Crippen LogP contribution is 2.44. The molecule has 3 heteroatoms. The van der Waals surface area contributed by atoms with Gasteiger partial charge in [0, 0.05) is 27.1 Å². The SMILES string of the molecule is CC1CCC(C(C)(C)c2sccc2Br)C(=O)C1. The average molecular weight is 315 g/mol. The summed E-state index contributed by atoms with van der Waals surface area (Å²) in [6.45, 7) is 6.60. The Labute approximate surface area is 116 Å². The van der Waals surface area contributed by atoms with Gasteiger partial charge < -0.3 is 0 Å². The van der Waals surface area contributed by atoms with E-state index in [4.69, 9.17) is 0 Å². The summed E-state index contributed by atoms with van der Waals surface area (Å²) in [5, 5.41) is 2.09. The van der Waals surface area contributed by atoms with Crippen molar-refractivity contribution < 1.29 is 4.79 Å². The molecule has 1 fully saturated rings. The van der Waals surface area contributed by atoms with E-state index >= 15 is 0 Å². The fourth-order valence-electron chi connectivity index (χ4n) is 2.87. The van der Waals surface area contributed by atoms with Gasteiger partial charge in [-0.25, -0.2) is 0 Å². The molecule has 2 rings (SSSR count). The van der Waals surface area contributed by atoms with Crippen LogP contribution < -0.4 is 0 Å². The van der Waals surface area contributed by atoms with Crippen molar-refractivity contribution in [2.45, 2.75) is 45.4 Å². The molecule has 0 aromatic carbocycles. The summed E-state index contributed by atoms with van der Waals surface area (Å²) < 4.78 is 1.15. The van der Waals surface area contributed by atoms with Crippen LogP contribution in [0.3, 0.4) is 0 Å². The number of halogens is 1. The molecule has 0 saturated heterocycles. The van der Waals surface area contributed by atoms with E-state index in [0.717, 1.165) is 17.3 Å². The van der Waals surface area contributed by atoms with Gasteiger partial charge in [0.2, 0.25) is 0 Å². The molecule has 1 aliphatic carbocycles. The highest BCUT2D eigenvalue weighted by Gasteiger charge is 2.40. The lowest BCUT2D eigenvalue weighted by Crippen LogP contribution is -2.38. The Hall–Kier alpha value is -0.150. The number of carbonyl (C=O) groups is 1. The second-order valence-electron chi connectivity index (χ2n) is 5.72. The minimum Gasteiger partial charge on any atom is -0.299 e. The molecule has 0 amide bonds. The molecule has 0 spiro atoms. The van der Waals surface area contributed by atoms with Crippen molar-refractivity contribution >= 4 is 33.0 Å². The highest BCUT2D eigenvalue weighted by molar-refractivity contribution is 9.10. The lowest BCUT2D eigenvalue weighted by atomic mass is 9.67.